The molecule has 0 radical (unpaired) electrons. The number of carbonyl (C=O) groups excluding carboxylic acids is 1. The molecule has 0 saturated heterocycles. The van der Waals surface area contributed by atoms with Gasteiger partial charge in [-0.15, -0.1) is 0 Å². The Balaban J connectivity index is 1.99. The Morgan fingerprint density at radius 3 is 2.57 bits per heavy atom. The Morgan fingerprint density at radius 1 is 1.05 bits per heavy atom. The topological polar surface area (TPSA) is 60.4 Å². The number of halogens is 1. The summed E-state index contributed by atoms with van der Waals surface area (Å²) in [5.74, 6) is 0.217. The number of benzene rings is 2. The molecule has 0 spiro atoms. The smallest absolute Gasteiger partial charge is 0.339 e. The molecule has 0 aliphatic heterocycles. The van der Waals surface area contributed by atoms with Gasteiger partial charge in [0, 0.05) is 22.6 Å². The van der Waals surface area contributed by atoms with E-state index >= 15 is 0 Å². The summed E-state index contributed by atoms with van der Waals surface area (Å²) in [6.07, 6.45) is 0.877. The summed E-state index contributed by atoms with van der Waals surface area (Å²) in [5, 5.41) is 0.313. The Hall–Kier alpha value is -1.85. The number of ketones is 1. The summed E-state index contributed by atoms with van der Waals surface area (Å²) < 4.78 is 29.7. The number of hydrogen-bond acceptors (Lipinski definition) is 4. The van der Waals surface area contributed by atoms with Crippen LogP contribution in [0.5, 0.6) is 5.75 Å². The highest BCUT2D eigenvalue weighted by atomic mass is 35.5. The lowest BCUT2D eigenvalue weighted by molar-refractivity contribution is 0.0994. The number of carbonyl (C=O) groups is 1. The van der Waals surface area contributed by atoms with Gasteiger partial charge in [-0.25, -0.2) is 0 Å². The van der Waals surface area contributed by atoms with Crippen LogP contribution < -0.4 is 4.18 Å². The lowest BCUT2D eigenvalue weighted by Crippen LogP contribution is -2.11. The van der Waals surface area contributed by atoms with Crippen molar-refractivity contribution in [1.82, 2.24) is 0 Å². The number of Topliss-reactive ketones (excluding diaryl/α,β-unsaturated/α-hetero) is 1. The molecule has 1 aliphatic rings. The predicted octanol–water partition coefficient (Wildman–Crippen LogP) is 3.24. The van der Waals surface area contributed by atoms with E-state index in [9.17, 15) is 13.2 Å². The molecule has 0 bridgehead atoms. The van der Waals surface area contributed by atoms with E-state index in [0.717, 1.165) is 0 Å². The van der Waals surface area contributed by atoms with Gasteiger partial charge in [-0.1, -0.05) is 29.8 Å². The number of hydrogen-bond donors (Lipinski definition) is 0. The van der Waals surface area contributed by atoms with Crippen molar-refractivity contribution in [1.29, 1.82) is 0 Å². The van der Waals surface area contributed by atoms with Gasteiger partial charge in [-0.05, 0) is 30.7 Å². The molecule has 0 atom stereocenters. The lowest BCUT2D eigenvalue weighted by Gasteiger charge is -2.10. The molecule has 0 saturated carbocycles. The fourth-order valence-corrected chi connectivity index (χ4v) is 3.59. The van der Waals surface area contributed by atoms with Gasteiger partial charge in [0.2, 0.25) is 0 Å². The van der Waals surface area contributed by atoms with Gasteiger partial charge in [-0.2, -0.15) is 8.42 Å². The second-order valence-corrected chi connectivity index (χ2v) is 6.68. The van der Waals surface area contributed by atoms with Crippen molar-refractivity contribution in [2.24, 2.45) is 0 Å². The van der Waals surface area contributed by atoms with Gasteiger partial charge >= 0.3 is 10.1 Å². The second kappa shape index (κ2) is 5.16. The van der Waals surface area contributed by atoms with Crippen LogP contribution in [0.25, 0.3) is 0 Å². The van der Waals surface area contributed by atoms with Crippen LogP contribution in [0.1, 0.15) is 22.3 Å². The molecular weight excluding hydrogens is 312 g/mol. The molecule has 0 aromatic heterocycles. The molecule has 1 aliphatic carbocycles. The highest BCUT2D eigenvalue weighted by Crippen LogP contribution is 2.32. The second-order valence-electron chi connectivity index (χ2n) is 4.70. The third-order valence-corrected chi connectivity index (χ3v) is 4.79. The highest BCUT2D eigenvalue weighted by molar-refractivity contribution is 7.87. The average Bonchev–Trinajstić information content (AvgIpc) is 2.82. The maximum Gasteiger partial charge on any atom is 0.339 e. The summed E-state index contributed by atoms with van der Waals surface area (Å²) >= 11 is 5.80. The third-order valence-electron chi connectivity index (χ3n) is 3.32. The normalized spacial score (nSPS) is 14.0. The van der Waals surface area contributed by atoms with E-state index in [2.05, 4.69) is 0 Å². The van der Waals surface area contributed by atoms with Crippen molar-refractivity contribution in [2.45, 2.75) is 17.7 Å². The van der Waals surface area contributed by atoms with Crippen molar-refractivity contribution in [3.8, 4) is 5.75 Å². The van der Waals surface area contributed by atoms with Crippen molar-refractivity contribution < 1.29 is 17.4 Å². The molecule has 108 valence electrons. The molecule has 6 heteroatoms. The summed E-state index contributed by atoms with van der Waals surface area (Å²) in [5.41, 5.74) is 1.18. The van der Waals surface area contributed by atoms with E-state index < -0.39 is 10.1 Å². The average molecular weight is 323 g/mol. The Labute approximate surface area is 127 Å². The van der Waals surface area contributed by atoms with E-state index in [1.54, 1.807) is 24.3 Å². The third kappa shape index (κ3) is 2.66. The first-order valence-corrected chi connectivity index (χ1v) is 8.11. The summed E-state index contributed by atoms with van der Waals surface area (Å²) in [7, 11) is -3.97. The van der Waals surface area contributed by atoms with Crippen LogP contribution in [0, 0.1) is 0 Å². The zero-order valence-electron chi connectivity index (χ0n) is 10.9. The fourth-order valence-electron chi connectivity index (χ4n) is 2.32. The maximum atomic E-state index is 12.3. The summed E-state index contributed by atoms with van der Waals surface area (Å²) in [6.45, 7) is 0. The van der Waals surface area contributed by atoms with E-state index in [0.29, 0.717) is 29.0 Å². The first kappa shape index (κ1) is 14.1. The molecule has 0 N–H and O–H groups in total. The molecule has 0 heterocycles. The fraction of sp³-hybridized carbons (Fsp3) is 0.133. The van der Waals surface area contributed by atoms with Crippen molar-refractivity contribution >= 4 is 27.5 Å². The van der Waals surface area contributed by atoms with Crippen LogP contribution in [0.4, 0.5) is 0 Å². The highest BCUT2D eigenvalue weighted by Gasteiger charge is 2.26. The standard InChI is InChI=1S/C15H11ClO4S/c16-10-3-1-4-11(9-10)21(18,19)20-15-6-2-5-12-13(15)7-8-14(12)17/h1-6,9H,7-8H2. The molecule has 0 amide bonds. The zero-order chi connectivity index (χ0) is 15.0. The van der Waals surface area contributed by atoms with Gasteiger partial charge in [0.25, 0.3) is 0 Å². The SMILES string of the molecule is O=C1CCc2c(OS(=O)(=O)c3cccc(Cl)c3)cccc21. The maximum absolute atomic E-state index is 12.3. The largest absolute Gasteiger partial charge is 0.379 e. The monoisotopic (exact) mass is 322 g/mol. The Kier molecular flexibility index (Phi) is 3.47. The lowest BCUT2D eigenvalue weighted by atomic mass is 10.1. The van der Waals surface area contributed by atoms with E-state index in [1.807, 2.05) is 0 Å². The molecular formula is C15H11ClO4S. The zero-order valence-corrected chi connectivity index (χ0v) is 12.4. The van der Waals surface area contributed by atoms with Gasteiger partial charge < -0.3 is 4.18 Å². The van der Waals surface area contributed by atoms with E-state index in [1.165, 1.54) is 18.2 Å². The molecule has 0 unspecified atom stereocenters. The molecule has 4 nitrogen and oxygen atoms in total. The number of rotatable bonds is 3. The van der Waals surface area contributed by atoms with Crippen LogP contribution in [0.15, 0.2) is 47.4 Å². The molecule has 3 rings (SSSR count). The van der Waals surface area contributed by atoms with Gasteiger partial charge in [0.05, 0.1) is 0 Å². The molecule has 0 fully saturated rings. The molecule has 2 aromatic rings. The van der Waals surface area contributed by atoms with Crippen LogP contribution in [-0.4, -0.2) is 14.2 Å². The van der Waals surface area contributed by atoms with Crippen LogP contribution in [0.3, 0.4) is 0 Å². The van der Waals surface area contributed by atoms with Gasteiger partial charge in [0.15, 0.2) is 5.78 Å². The van der Waals surface area contributed by atoms with E-state index in [4.69, 9.17) is 15.8 Å². The molecule has 2 aromatic carbocycles. The first-order valence-electron chi connectivity index (χ1n) is 6.32. The molecule has 21 heavy (non-hydrogen) atoms. The minimum Gasteiger partial charge on any atom is -0.379 e. The van der Waals surface area contributed by atoms with Crippen molar-refractivity contribution in [3.63, 3.8) is 0 Å². The van der Waals surface area contributed by atoms with Crippen molar-refractivity contribution in [2.75, 3.05) is 0 Å². The summed E-state index contributed by atoms with van der Waals surface area (Å²) in [6, 6.07) is 10.7. The quantitative estimate of drug-likeness (QED) is 0.814. The van der Waals surface area contributed by atoms with Crippen LogP contribution in [0.2, 0.25) is 5.02 Å². The minimum absolute atomic E-state index is 0.00982. The first-order chi connectivity index (χ1) is 9.97. The van der Waals surface area contributed by atoms with Crippen LogP contribution >= 0.6 is 11.6 Å². The van der Waals surface area contributed by atoms with E-state index in [-0.39, 0.29) is 16.4 Å². The predicted molar refractivity (Wildman–Crippen MR) is 78.4 cm³/mol. The number of fused-ring (bicyclic) bond motifs is 1. The Morgan fingerprint density at radius 2 is 1.81 bits per heavy atom. The van der Waals surface area contributed by atoms with Crippen LogP contribution in [-0.2, 0) is 16.5 Å². The minimum atomic E-state index is -3.97. The Bertz CT molecular complexity index is 827. The summed E-state index contributed by atoms with van der Waals surface area (Å²) in [4.78, 5) is 11.7. The van der Waals surface area contributed by atoms with Gasteiger partial charge in [-0.3, -0.25) is 4.79 Å². The van der Waals surface area contributed by atoms with Gasteiger partial charge in [0.1, 0.15) is 10.6 Å². The van der Waals surface area contributed by atoms with Crippen molar-refractivity contribution in [3.05, 3.63) is 58.6 Å².